The zero-order valence-electron chi connectivity index (χ0n) is 8.34. The molecule has 17 heavy (non-hydrogen) atoms. The first-order valence-corrected chi connectivity index (χ1v) is 5.47. The van der Waals surface area contributed by atoms with Gasteiger partial charge in [0.2, 0.25) is 0 Å². The number of benzene rings is 1. The highest BCUT2D eigenvalue weighted by molar-refractivity contribution is 9.10. The maximum atomic E-state index is 12.1. The van der Waals surface area contributed by atoms with E-state index in [-0.39, 0.29) is 6.61 Å². The Morgan fingerprint density at radius 3 is 2.82 bits per heavy atom. The Balaban J connectivity index is 2.17. The van der Waals surface area contributed by atoms with Crippen molar-refractivity contribution in [2.24, 2.45) is 0 Å². The van der Waals surface area contributed by atoms with Crippen molar-refractivity contribution in [3.63, 3.8) is 0 Å². The summed E-state index contributed by atoms with van der Waals surface area (Å²) in [7, 11) is 0. The molecule has 0 saturated heterocycles. The van der Waals surface area contributed by atoms with Gasteiger partial charge in [-0.25, -0.2) is 0 Å². The van der Waals surface area contributed by atoms with Crippen molar-refractivity contribution in [1.29, 1.82) is 0 Å². The minimum Gasteiger partial charge on any atom is -0.491 e. The molecule has 92 valence electrons. The van der Waals surface area contributed by atoms with Gasteiger partial charge in [-0.1, -0.05) is 15.9 Å². The zero-order chi connectivity index (χ0) is 12.6. The van der Waals surface area contributed by atoms with Gasteiger partial charge in [-0.05, 0) is 18.2 Å². The average Bonchev–Trinajstić information content (AvgIpc) is 2.60. The minimum atomic E-state index is -4.88. The molecule has 0 radical (unpaired) electrons. The predicted molar refractivity (Wildman–Crippen MR) is 56.6 cm³/mol. The molecule has 0 aromatic heterocycles. The van der Waals surface area contributed by atoms with E-state index in [9.17, 15) is 18.0 Å². The summed E-state index contributed by atoms with van der Waals surface area (Å²) in [6.45, 7) is 0.00755. The number of amides is 1. The SMILES string of the molecule is O=C(N[C@@H]1COc2ccc(Br)cc21)C(F)(F)F. The number of carbonyl (C=O) groups is 1. The largest absolute Gasteiger partial charge is 0.491 e. The Bertz CT molecular complexity index is 461. The topological polar surface area (TPSA) is 38.3 Å². The lowest BCUT2D eigenvalue weighted by Crippen LogP contribution is -2.39. The molecule has 3 nitrogen and oxygen atoms in total. The van der Waals surface area contributed by atoms with Crippen LogP contribution < -0.4 is 10.1 Å². The second kappa shape index (κ2) is 4.21. The van der Waals surface area contributed by atoms with Gasteiger partial charge in [-0.3, -0.25) is 4.79 Å². The number of ether oxygens (including phenoxy) is 1. The molecule has 1 aromatic carbocycles. The fourth-order valence-electron chi connectivity index (χ4n) is 1.55. The number of fused-ring (bicyclic) bond motifs is 1. The summed E-state index contributed by atoms with van der Waals surface area (Å²) in [5, 5.41) is 1.89. The fourth-order valence-corrected chi connectivity index (χ4v) is 1.92. The average molecular weight is 310 g/mol. The molecule has 1 aliphatic heterocycles. The van der Waals surface area contributed by atoms with E-state index >= 15 is 0 Å². The Morgan fingerprint density at radius 1 is 1.47 bits per heavy atom. The molecular weight excluding hydrogens is 303 g/mol. The van der Waals surface area contributed by atoms with Crippen LogP contribution in [0, 0.1) is 0 Å². The van der Waals surface area contributed by atoms with Crippen LogP contribution in [0.1, 0.15) is 11.6 Å². The molecule has 0 spiro atoms. The van der Waals surface area contributed by atoms with Gasteiger partial charge in [0.1, 0.15) is 12.4 Å². The van der Waals surface area contributed by atoms with Crippen molar-refractivity contribution in [3.8, 4) is 5.75 Å². The third kappa shape index (κ3) is 2.54. The first-order chi connectivity index (χ1) is 7.88. The van der Waals surface area contributed by atoms with Crippen LogP contribution in [0.15, 0.2) is 22.7 Å². The third-order valence-electron chi connectivity index (χ3n) is 2.32. The van der Waals surface area contributed by atoms with E-state index in [1.54, 1.807) is 18.2 Å². The maximum Gasteiger partial charge on any atom is 0.471 e. The number of halogens is 4. The van der Waals surface area contributed by atoms with Crippen LogP contribution in [-0.2, 0) is 4.79 Å². The van der Waals surface area contributed by atoms with E-state index in [0.29, 0.717) is 15.8 Å². The lowest BCUT2D eigenvalue weighted by atomic mass is 10.1. The fraction of sp³-hybridized carbons (Fsp3) is 0.300. The van der Waals surface area contributed by atoms with Crippen LogP contribution >= 0.6 is 15.9 Å². The molecule has 1 heterocycles. The van der Waals surface area contributed by atoms with E-state index in [0.717, 1.165) is 0 Å². The Hall–Kier alpha value is -1.24. The number of rotatable bonds is 1. The van der Waals surface area contributed by atoms with Crippen LogP contribution in [-0.4, -0.2) is 18.7 Å². The van der Waals surface area contributed by atoms with Gasteiger partial charge in [-0.2, -0.15) is 13.2 Å². The molecule has 0 bridgehead atoms. The quantitative estimate of drug-likeness (QED) is 0.866. The van der Waals surface area contributed by atoms with Crippen LogP contribution in [0.25, 0.3) is 0 Å². The Morgan fingerprint density at radius 2 is 2.18 bits per heavy atom. The zero-order valence-corrected chi connectivity index (χ0v) is 9.93. The lowest BCUT2D eigenvalue weighted by molar-refractivity contribution is -0.174. The van der Waals surface area contributed by atoms with Crippen LogP contribution in [0.4, 0.5) is 13.2 Å². The van der Waals surface area contributed by atoms with E-state index in [4.69, 9.17) is 4.74 Å². The van der Waals surface area contributed by atoms with Crippen molar-refractivity contribution in [2.75, 3.05) is 6.61 Å². The van der Waals surface area contributed by atoms with E-state index in [2.05, 4.69) is 15.9 Å². The summed E-state index contributed by atoms with van der Waals surface area (Å²) < 4.78 is 42.2. The summed E-state index contributed by atoms with van der Waals surface area (Å²) in [6.07, 6.45) is -4.88. The molecular formula is C10H7BrF3NO2. The third-order valence-corrected chi connectivity index (χ3v) is 2.81. The van der Waals surface area contributed by atoms with Gasteiger partial charge in [0.05, 0.1) is 6.04 Å². The van der Waals surface area contributed by atoms with Gasteiger partial charge >= 0.3 is 12.1 Å². The van der Waals surface area contributed by atoms with Gasteiger partial charge in [0.15, 0.2) is 0 Å². The molecule has 1 amide bonds. The van der Waals surface area contributed by atoms with E-state index in [1.165, 1.54) is 0 Å². The molecule has 0 saturated carbocycles. The lowest BCUT2D eigenvalue weighted by Gasteiger charge is -2.13. The maximum absolute atomic E-state index is 12.1. The van der Waals surface area contributed by atoms with Gasteiger partial charge < -0.3 is 10.1 Å². The molecule has 0 fully saturated rings. The smallest absolute Gasteiger partial charge is 0.471 e. The number of alkyl halides is 3. The normalized spacial score (nSPS) is 18.5. The van der Waals surface area contributed by atoms with Crippen molar-refractivity contribution < 1.29 is 22.7 Å². The number of hydrogen-bond acceptors (Lipinski definition) is 2. The van der Waals surface area contributed by atoms with E-state index < -0.39 is 18.1 Å². The highest BCUT2D eigenvalue weighted by Crippen LogP contribution is 2.34. The standard InChI is InChI=1S/C10H7BrF3NO2/c11-5-1-2-8-6(3-5)7(4-17-8)15-9(16)10(12,13)14/h1-3,7H,4H2,(H,15,16)/t7-/m1/s1. The van der Waals surface area contributed by atoms with Gasteiger partial charge in [0.25, 0.3) is 0 Å². The molecule has 7 heteroatoms. The second-order valence-corrected chi connectivity index (χ2v) is 4.43. The van der Waals surface area contributed by atoms with Crippen LogP contribution in [0.5, 0.6) is 5.75 Å². The summed E-state index contributed by atoms with van der Waals surface area (Å²) in [5.41, 5.74) is 0.539. The first-order valence-electron chi connectivity index (χ1n) is 4.68. The molecule has 1 N–H and O–H groups in total. The number of nitrogens with one attached hydrogen (secondary N) is 1. The Kier molecular flexibility index (Phi) is 3.03. The molecule has 1 aromatic rings. The van der Waals surface area contributed by atoms with Gasteiger partial charge in [-0.15, -0.1) is 0 Å². The predicted octanol–water partition coefficient (Wildman–Crippen LogP) is 2.56. The first kappa shape index (κ1) is 12.2. The number of hydrogen-bond donors (Lipinski definition) is 1. The molecule has 1 aliphatic rings. The van der Waals surface area contributed by atoms with Gasteiger partial charge in [0, 0.05) is 10.0 Å². The van der Waals surface area contributed by atoms with Crippen molar-refractivity contribution in [3.05, 3.63) is 28.2 Å². The highest BCUT2D eigenvalue weighted by atomic mass is 79.9. The highest BCUT2D eigenvalue weighted by Gasteiger charge is 2.41. The minimum absolute atomic E-state index is 0.00755. The van der Waals surface area contributed by atoms with Crippen LogP contribution in [0.3, 0.4) is 0 Å². The summed E-state index contributed by atoms with van der Waals surface area (Å²) in [6, 6.07) is 4.21. The molecule has 1 atom stereocenters. The Labute approximate surface area is 103 Å². The molecule has 2 rings (SSSR count). The summed E-state index contributed by atoms with van der Waals surface area (Å²) in [4.78, 5) is 10.8. The summed E-state index contributed by atoms with van der Waals surface area (Å²) in [5.74, 6) is -1.47. The summed E-state index contributed by atoms with van der Waals surface area (Å²) >= 11 is 3.21. The van der Waals surface area contributed by atoms with Crippen molar-refractivity contribution >= 4 is 21.8 Å². The monoisotopic (exact) mass is 309 g/mol. The number of carbonyl (C=O) groups excluding carboxylic acids is 1. The molecule has 0 aliphatic carbocycles. The molecule has 0 unspecified atom stereocenters. The van der Waals surface area contributed by atoms with Crippen LogP contribution in [0.2, 0.25) is 0 Å². The van der Waals surface area contributed by atoms with Crippen molar-refractivity contribution in [2.45, 2.75) is 12.2 Å². The second-order valence-electron chi connectivity index (χ2n) is 3.52. The van der Waals surface area contributed by atoms with E-state index in [1.807, 2.05) is 5.32 Å². The van der Waals surface area contributed by atoms with Crippen molar-refractivity contribution in [1.82, 2.24) is 5.32 Å².